The van der Waals surface area contributed by atoms with Crippen LogP contribution in [-0.2, 0) is 24.3 Å². The molecule has 0 aromatic carbocycles. The minimum absolute atomic E-state index is 0.0150. The summed E-state index contributed by atoms with van der Waals surface area (Å²) < 4.78 is 1.58. The second-order valence-corrected chi connectivity index (χ2v) is 9.82. The van der Waals surface area contributed by atoms with E-state index < -0.39 is 0 Å². The third-order valence-electron chi connectivity index (χ3n) is 6.49. The number of H-pyrrole nitrogens is 1. The summed E-state index contributed by atoms with van der Waals surface area (Å²) in [7, 11) is 0. The number of hydrogen-bond donors (Lipinski definition) is 1. The molecule has 5 heterocycles. The normalized spacial score (nSPS) is 19.8. The number of piperidine rings is 1. The zero-order valence-corrected chi connectivity index (χ0v) is 19.0. The minimum atomic E-state index is -0.0349. The Balaban J connectivity index is 1.46. The molecule has 1 N–H and O–H groups in total. The van der Waals surface area contributed by atoms with Crippen molar-refractivity contribution in [2.24, 2.45) is 5.92 Å². The Labute approximate surface area is 185 Å². The van der Waals surface area contributed by atoms with Crippen LogP contribution in [0.4, 0.5) is 0 Å². The van der Waals surface area contributed by atoms with E-state index in [1.165, 1.54) is 5.56 Å². The van der Waals surface area contributed by atoms with Gasteiger partial charge in [0.1, 0.15) is 0 Å². The Morgan fingerprint density at radius 3 is 2.97 bits per heavy atom. The van der Waals surface area contributed by atoms with Gasteiger partial charge in [-0.2, -0.15) is 11.3 Å². The lowest BCUT2D eigenvalue weighted by molar-refractivity contribution is -0.138. The number of likely N-dealkylation sites (tertiary alicyclic amines) is 1. The number of thiophene rings is 1. The molecule has 31 heavy (non-hydrogen) atoms. The quantitative estimate of drug-likeness (QED) is 0.677. The second kappa shape index (κ2) is 8.24. The highest BCUT2D eigenvalue weighted by Crippen LogP contribution is 2.31. The van der Waals surface area contributed by atoms with Gasteiger partial charge in [0.05, 0.1) is 23.0 Å². The fourth-order valence-electron chi connectivity index (χ4n) is 4.85. The highest BCUT2D eigenvalue weighted by atomic mass is 32.1. The zero-order valence-electron chi connectivity index (χ0n) is 18.1. The number of rotatable bonds is 4. The van der Waals surface area contributed by atoms with Crippen LogP contribution in [0.5, 0.6) is 0 Å². The molecule has 2 aliphatic heterocycles. The zero-order chi connectivity index (χ0) is 21.5. The van der Waals surface area contributed by atoms with Crippen molar-refractivity contribution in [3.8, 4) is 0 Å². The molecule has 2 aliphatic rings. The number of nitrogens with one attached hydrogen (secondary N) is 1. The van der Waals surface area contributed by atoms with Crippen molar-refractivity contribution in [1.82, 2.24) is 24.4 Å². The van der Waals surface area contributed by atoms with Crippen LogP contribution in [0.15, 0.2) is 27.7 Å². The van der Waals surface area contributed by atoms with Crippen LogP contribution in [0.2, 0.25) is 0 Å². The van der Waals surface area contributed by atoms with Crippen molar-refractivity contribution in [1.29, 1.82) is 0 Å². The van der Waals surface area contributed by atoms with Crippen LogP contribution in [0.3, 0.4) is 0 Å². The standard InChI is InChI=1S/C23H29N5O2S/c1-15(2)22(29)27-8-4-3-5-20(27)19-11-21-24-18-6-9-26(12-16-7-10-31-14-16)13-17(18)23(30)28(21)25-19/h7,10-11,14-15,20,25H,3-6,8-9,12-13H2,1-2H3. The maximum atomic E-state index is 13.3. The van der Waals surface area contributed by atoms with Crippen molar-refractivity contribution < 1.29 is 4.79 Å². The van der Waals surface area contributed by atoms with E-state index in [0.29, 0.717) is 12.2 Å². The van der Waals surface area contributed by atoms with Crippen LogP contribution < -0.4 is 5.56 Å². The van der Waals surface area contributed by atoms with E-state index in [2.05, 4.69) is 26.8 Å². The second-order valence-electron chi connectivity index (χ2n) is 9.04. The number of amides is 1. The van der Waals surface area contributed by atoms with Crippen LogP contribution >= 0.6 is 11.3 Å². The molecule has 1 unspecified atom stereocenters. The Kier molecular flexibility index (Phi) is 5.44. The Morgan fingerprint density at radius 2 is 2.19 bits per heavy atom. The summed E-state index contributed by atoms with van der Waals surface area (Å²) >= 11 is 1.70. The predicted molar refractivity (Wildman–Crippen MR) is 121 cm³/mol. The Bertz CT molecular complexity index is 1150. The summed E-state index contributed by atoms with van der Waals surface area (Å²) in [5.41, 5.74) is 4.54. The van der Waals surface area contributed by atoms with E-state index in [-0.39, 0.29) is 23.4 Å². The molecule has 3 aromatic rings. The summed E-state index contributed by atoms with van der Waals surface area (Å²) in [6, 6.07) is 4.09. The first-order chi connectivity index (χ1) is 15.0. The van der Waals surface area contributed by atoms with Gasteiger partial charge in [-0.25, -0.2) is 9.50 Å². The molecular formula is C23H29N5O2S. The van der Waals surface area contributed by atoms with Crippen LogP contribution in [0, 0.1) is 5.92 Å². The van der Waals surface area contributed by atoms with Crippen molar-refractivity contribution in [3.05, 3.63) is 55.8 Å². The van der Waals surface area contributed by atoms with Gasteiger partial charge in [-0.15, -0.1) is 0 Å². The molecular weight excluding hydrogens is 410 g/mol. The molecule has 0 radical (unpaired) electrons. The molecule has 1 saturated heterocycles. The fraction of sp³-hybridized carbons (Fsp3) is 0.522. The SMILES string of the molecule is CC(C)C(=O)N1CCCCC1c1cc2nc3c(c(=O)n2[nH]1)CN(Cc1ccsc1)CC3. The van der Waals surface area contributed by atoms with E-state index in [0.717, 1.165) is 62.3 Å². The molecule has 1 amide bonds. The van der Waals surface area contributed by atoms with Crippen molar-refractivity contribution in [3.63, 3.8) is 0 Å². The number of nitrogens with zero attached hydrogens (tertiary/aromatic N) is 4. The highest BCUT2D eigenvalue weighted by Gasteiger charge is 2.31. The lowest BCUT2D eigenvalue weighted by atomic mass is 9.97. The monoisotopic (exact) mass is 439 g/mol. The van der Waals surface area contributed by atoms with Crippen molar-refractivity contribution in [2.45, 2.75) is 58.7 Å². The van der Waals surface area contributed by atoms with Gasteiger partial charge in [0.25, 0.3) is 5.56 Å². The predicted octanol–water partition coefficient (Wildman–Crippen LogP) is 3.35. The van der Waals surface area contributed by atoms with E-state index >= 15 is 0 Å². The summed E-state index contributed by atoms with van der Waals surface area (Å²) in [4.78, 5) is 35.2. The van der Waals surface area contributed by atoms with Gasteiger partial charge in [0.2, 0.25) is 5.91 Å². The van der Waals surface area contributed by atoms with E-state index in [1.807, 2.05) is 24.8 Å². The summed E-state index contributed by atoms with van der Waals surface area (Å²) in [5.74, 6) is 0.138. The van der Waals surface area contributed by atoms with Gasteiger partial charge in [0, 0.05) is 44.6 Å². The molecule has 0 bridgehead atoms. The summed E-state index contributed by atoms with van der Waals surface area (Å²) in [6.45, 7) is 7.04. The van der Waals surface area contributed by atoms with Gasteiger partial charge in [-0.05, 0) is 41.7 Å². The van der Waals surface area contributed by atoms with E-state index in [1.54, 1.807) is 15.9 Å². The van der Waals surface area contributed by atoms with Gasteiger partial charge in [0.15, 0.2) is 5.65 Å². The maximum Gasteiger partial charge on any atom is 0.277 e. The van der Waals surface area contributed by atoms with Gasteiger partial charge in [-0.3, -0.25) is 19.6 Å². The van der Waals surface area contributed by atoms with E-state index in [9.17, 15) is 9.59 Å². The molecule has 1 fully saturated rings. The van der Waals surface area contributed by atoms with Crippen molar-refractivity contribution in [2.75, 3.05) is 13.1 Å². The fourth-order valence-corrected chi connectivity index (χ4v) is 5.51. The van der Waals surface area contributed by atoms with Crippen LogP contribution in [0.25, 0.3) is 5.65 Å². The molecule has 164 valence electrons. The maximum absolute atomic E-state index is 13.3. The molecule has 0 aliphatic carbocycles. The summed E-state index contributed by atoms with van der Waals surface area (Å²) in [6.07, 6.45) is 3.81. The topological polar surface area (TPSA) is 73.7 Å². The molecule has 1 atom stereocenters. The average Bonchev–Trinajstić information content (AvgIpc) is 3.44. The number of carbonyl (C=O) groups excluding carboxylic acids is 1. The molecule has 0 spiro atoms. The third kappa shape index (κ3) is 3.83. The number of fused-ring (bicyclic) bond motifs is 2. The van der Waals surface area contributed by atoms with Gasteiger partial charge < -0.3 is 4.90 Å². The number of carbonyl (C=O) groups is 1. The molecule has 7 nitrogen and oxygen atoms in total. The first-order valence-electron chi connectivity index (χ1n) is 11.2. The highest BCUT2D eigenvalue weighted by molar-refractivity contribution is 7.07. The smallest absolute Gasteiger partial charge is 0.277 e. The first kappa shape index (κ1) is 20.5. The Hall–Kier alpha value is -2.45. The lowest BCUT2D eigenvalue weighted by Gasteiger charge is -2.36. The molecule has 8 heteroatoms. The van der Waals surface area contributed by atoms with Crippen LogP contribution in [0.1, 0.15) is 61.7 Å². The Morgan fingerprint density at radius 1 is 1.32 bits per heavy atom. The third-order valence-corrected chi connectivity index (χ3v) is 7.22. The van der Waals surface area contributed by atoms with Crippen molar-refractivity contribution >= 4 is 22.9 Å². The van der Waals surface area contributed by atoms with Crippen LogP contribution in [-0.4, -0.2) is 43.4 Å². The van der Waals surface area contributed by atoms with E-state index in [4.69, 9.17) is 4.98 Å². The number of aromatic amines is 1. The molecule has 3 aromatic heterocycles. The molecule has 5 rings (SSSR count). The summed E-state index contributed by atoms with van der Waals surface area (Å²) in [5, 5.41) is 7.55. The van der Waals surface area contributed by atoms with Gasteiger partial charge >= 0.3 is 0 Å². The number of hydrogen-bond acceptors (Lipinski definition) is 5. The van der Waals surface area contributed by atoms with Gasteiger partial charge in [-0.1, -0.05) is 13.8 Å². The minimum Gasteiger partial charge on any atom is -0.334 e. The first-order valence-corrected chi connectivity index (χ1v) is 12.1. The molecule has 0 saturated carbocycles. The largest absolute Gasteiger partial charge is 0.334 e. The lowest BCUT2D eigenvalue weighted by Crippen LogP contribution is -2.41. The average molecular weight is 440 g/mol. The number of aromatic nitrogens is 3.